The van der Waals surface area contributed by atoms with E-state index in [1.807, 2.05) is 0 Å². The molecule has 1 atom stereocenters. The molecule has 6 heteroatoms. The normalized spacial score (nSPS) is 24.7. The lowest BCUT2D eigenvalue weighted by atomic mass is 10.2. The zero-order chi connectivity index (χ0) is 14.5. The molecule has 2 fully saturated rings. The number of hydrogen-bond acceptors (Lipinski definition) is 6. The predicted molar refractivity (Wildman–Crippen MR) is 78.8 cm³/mol. The first-order valence-corrected chi connectivity index (χ1v) is 8.25. The van der Waals surface area contributed by atoms with Gasteiger partial charge in [0.1, 0.15) is 6.10 Å². The maximum atomic E-state index is 5.78. The molecule has 0 bridgehead atoms. The van der Waals surface area contributed by atoms with E-state index in [4.69, 9.17) is 9.26 Å². The van der Waals surface area contributed by atoms with E-state index in [0.29, 0.717) is 24.3 Å². The van der Waals surface area contributed by atoms with E-state index in [1.54, 1.807) is 0 Å². The molecular weight excluding hydrogens is 268 g/mol. The van der Waals surface area contributed by atoms with Gasteiger partial charge in [0.05, 0.1) is 13.2 Å². The molecule has 1 aliphatic heterocycles. The van der Waals surface area contributed by atoms with Gasteiger partial charge in [0.2, 0.25) is 11.7 Å². The zero-order valence-corrected chi connectivity index (χ0v) is 12.9. The van der Waals surface area contributed by atoms with Crippen molar-refractivity contribution in [1.29, 1.82) is 0 Å². The number of aromatic nitrogens is 2. The summed E-state index contributed by atoms with van der Waals surface area (Å²) >= 11 is 0. The van der Waals surface area contributed by atoms with Crippen LogP contribution in [0.5, 0.6) is 0 Å². The number of rotatable bonds is 6. The third kappa shape index (κ3) is 4.02. The first-order chi connectivity index (χ1) is 10.3. The summed E-state index contributed by atoms with van der Waals surface area (Å²) in [5.41, 5.74) is 0. The first kappa shape index (κ1) is 14.9. The van der Waals surface area contributed by atoms with Gasteiger partial charge in [-0.25, -0.2) is 0 Å². The number of morpholine rings is 1. The summed E-state index contributed by atoms with van der Waals surface area (Å²) in [4.78, 5) is 6.90. The van der Waals surface area contributed by atoms with Crippen LogP contribution in [0.1, 0.15) is 56.8 Å². The van der Waals surface area contributed by atoms with Crippen molar-refractivity contribution >= 4 is 0 Å². The van der Waals surface area contributed by atoms with Gasteiger partial charge < -0.3 is 14.6 Å². The van der Waals surface area contributed by atoms with Crippen molar-refractivity contribution < 1.29 is 9.26 Å². The fourth-order valence-electron chi connectivity index (χ4n) is 3.21. The predicted octanol–water partition coefficient (Wildman–Crippen LogP) is 1.89. The van der Waals surface area contributed by atoms with E-state index in [1.165, 1.54) is 25.7 Å². The fourth-order valence-corrected chi connectivity index (χ4v) is 3.21. The molecule has 118 valence electrons. The molecule has 1 saturated heterocycles. The van der Waals surface area contributed by atoms with Gasteiger partial charge in [-0.15, -0.1) is 0 Å². The lowest BCUT2D eigenvalue weighted by molar-refractivity contribution is -0.0350. The van der Waals surface area contributed by atoms with Crippen molar-refractivity contribution in [2.45, 2.75) is 57.7 Å². The topological polar surface area (TPSA) is 63.4 Å². The molecule has 1 aromatic rings. The summed E-state index contributed by atoms with van der Waals surface area (Å²) < 4.78 is 11.1. The molecule has 2 heterocycles. The minimum absolute atomic E-state index is 0.0470. The summed E-state index contributed by atoms with van der Waals surface area (Å²) in [5.74, 6) is 1.37. The zero-order valence-electron chi connectivity index (χ0n) is 12.9. The van der Waals surface area contributed by atoms with Crippen LogP contribution in [0.15, 0.2) is 4.52 Å². The van der Waals surface area contributed by atoms with Gasteiger partial charge in [0.15, 0.2) is 0 Å². The number of nitrogens with one attached hydrogen (secondary N) is 1. The second kappa shape index (κ2) is 7.33. The van der Waals surface area contributed by atoms with Gasteiger partial charge in [-0.3, -0.25) is 4.90 Å². The molecule has 21 heavy (non-hydrogen) atoms. The molecule has 1 saturated carbocycles. The summed E-state index contributed by atoms with van der Waals surface area (Å²) in [6.07, 6.45) is 6.30. The van der Waals surface area contributed by atoms with E-state index in [9.17, 15) is 0 Å². The summed E-state index contributed by atoms with van der Waals surface area (Å²) in [7, 11) is 0. The lowest BCUT2D eigenvalue weighted by Gasteiger charge is -2.30. The second-order valence-electron chi connectivity index (χ2n) is 6.07. The number of hydrogen-bond donors (Lipinski definition) is 1. The first-order valence-electron chi connectivity index (χ1n) is 8.25. The summed E-state index contributed by atoms with van der Waals surface area (Å²) in [6.45, 7) is 6.58. The molecule has 0 radical (unpaired) electrons. The second-order valence-corrected chi connectivity index (χ2v) is 6.07. The van der Waals surface area contributed by atoms with Gasteiger partial charge in [-0.2, -0.15) is 4.98 Å². The van der Waals surface area contributed by atoms with Crippen LogP contribution < -0.4 is 5.32 Å². The SMILES string of the molecule is CCCN1CCOC(c2noc(CNC3CCCC3)n2)C1. The molecule has 2 aliphatic rings. The third-order valence-corrected chi connectivity index (χ3v) is 4.36. The van der Waals surface area contributed by atoms with Crippen LogP contribution in [0.2, 0.25) is 0 Å². The van der Waals surface area contributed by atoms with Crippen molar-refractivity contribution in [2.75, 3.05) is 26.2 Å². The minimum Gasteiger partial charge on any atom is -0.367 e. The molecule has 1 aliphatic carbocycles. The minimum atomic E-state index is -0.0470. The quantitative estimate of drug-likeness (QED) is 0.864. The van der Waals surface area contributed by atoms with Crippen LogP contribution in [0.25, 0.3) is 0 Å². The highest BCUT2D eigenvalue weighted by atomic mass is 16.5. The van der Waals surface area contributed by atoms with Crippen molar-refractivity contribution in [2.24, 2.45) is 0 Å². The lowest BCUT2D eigenvalue weighted by Crippen LogP contribution is -2.39. The molecule has 1 unspecified atom stereocenters. The van der Waals surface area contributed by atoms with E-state index in [2.05, 4.69) is 27.3 Å². The van der Waals surface area contributed by atoms with Gasteiger partial charge in [-0.1, -0.05) is 24.9 Å². The Morgan fingerprint density at radius 1 is 1.33 bits per heavy atom. The molecule has 1 N–H and O–H groups in total. The average Bonchev–Trinajstić information content (AvgIpc) is 3.17. The van der Waals surface area contributed by atoms with Crippen LogP contribution >= 0.6 is 0 Å². The Balaban J connectivity index is 1.51. The fraction of sp³-hybridized carbons (Fsp3) is 0.867. The number of ether oxygens (including phenoxy) is 1. The van der Waals surface area contributed by atoms with E-state index in [-0.39, 0.29) is 6.10 Å². The highest BCUT2D eigenvalue weighted by molar-refractivity contribution is 4.94. The molecule has 0 spiro atoms. The van der Waals surface area contributed by atoms with Crippen LogP contribution in [-0.4, -0.2) is 47.3 Å². The van der Waals surface area contributed by atoms with E-state index < -0.39 is 0 Å². The standard InChI is InChI=1S/C15H26N4O2/c1-2-7-19-8-9-20-13(11-19)15-17-14(21-18-15)10-16-12-5-3-4-6-12/h12-13,16H,2-11H2,1H3. The van der Waals surface area contributed by atoms with Gasteiger partial charge in [0.25, 0.3) is 0 Å². The van der Waals surface area contributed by atoms with Gasteiger partial charge in [0, 0.05) is 19.1 Å². The molecule has 0 amide bonds. The Labute approximate surface area is 126 Å². The average molecular weight is 294 g/mol. The molecular formula is C15H26N4O2. The van der Waals surface area contributed by atoms with E-state index in [0.717, 1.165) is 32.7 Å². The highest BCUT2D eigenvalue weighted by Crippen LogP contribution is 2.21. The molecule has 6 nitrogen and oxygen atoms in total. The molecule has 0 aromatic carbocycles. The summed E-state index contributed by atoms with van der Waals surface area (Å²) in [5, 5.41) is 7.60. The summed E-state index contributed by atoms with van der Waals surface area (Å²) in [6, 6.07) is 0.617. The third-order valence-electron chi connectivity index (χ3n) is 4.36. The maximum absolute atomic E-state index is 5.78. The van der Waals surface area contributed by atoms with Crippen molar-refractivity contribution in [1.82, 2.24) is 20.4 Å². The molecule has 1 aromatic heterocycles. The van der Waals surface area contributed by atoms with E-state index >= 15 is 0 Å². The highest BCUT2D eigenvalue weighted by Gasteiger charge is 2.26. The Kier molecular flexibility index (Phi) is 5.22. The molecule has 3 rings (SSSR count). The van der Waals surface area contributed by atoms with Crippen molar-refractivity contribution in [3.05, 3.63) is 11.7 Å². The van der Waals surface area contributed by atoms with Crippen molar-refractivity contribution in [3.8, 4) is 0 Å². The van der Waals surface area contributed by atoms with Crippen LogP contribution in [0.3, 0.4) is 0 Å². The van der Waals surface area contributed by atoms with Crippen LogP contribution in [0, 0.1) is 0 Å². The smallest absolute Gasteiger partial charge is 0.240 e. The Morgan fingerprint density at radius 2 is 2.19 bits per heavy atom. The Bertz CT molecular complexity index is 429. The van der Waals surface area contributed by atoms with Crippen molar-refractivity contribution in [3.63, 3.8) is 0 Å². The Morgan fingerprint density at radius 3 is 3.00 bits per heavy atom. The van der Waals surface area contributed by atoms with Gasteiger partial charge in [-0.05, 0) is 25.8 Å². The van der Waals surface area contributed by atoms with Crippen LogP contribution in [0.4, 0.5) is 0 Å². The maximum Gasteiger partial charge on any atom is 0.240 e. The largest absolute Gasteiger partial charge is 0.367 e. The van der Waals surface area contributed by atoms with Crippen LogP contribution in [-0.2, 0) is 11.3 Å². The van der Waals surface area contributed by atoms with Gasteiger partial charge >= 0.3 is 0 Å². The monoisotopic (exact) mass is 294 g/mol. The number of nitrogens with zero attached hydrogens (tertiary/aromatic N) is 3. The Hall–Kier alpha value is -0.980.